The molecule has 47 heavy (non-hydrogen) atoms. The van der Waals surface area contributed by atoms with Gasteiger partial charge in [-0.25, -0.2) is 9.59 Å². The number of carbonyl (C=O) groups excluding carboxylic acids is 2. The zero-order valence-electron chi connectivity index (χ0n) is 25.1. The Morgan fingerprint density at radius 3 is 2.62 bits per heavy atom. The van der Waals surface area contributed by atoms with Crippen LogP contribution >= 0.6 is 8.17 Å². The molecule has 1 unspecified atom stereocenters. The van der Waals surface area contributed by atoms with E-state index in [-0.39, 0.29) is 37.6 Å². The molecular weight excluding hydrogens is 643 g/mol. The van der Waals surface area contributed by atoms with Gasteiger partial charge in [0.2, 0.25) is 11.5 Å². The molecule has 0 aliphatic carbocycles. The van der Waals surface area contributed by atoms with E-state index in [1.165, 1.54) is 6.07 Å². The van der Waals surface area contributed by atoms with Gasteiger partial charge in [-0.3, -0.25) is 23.7 Å². The molecule has 0 saturated carbocycles. The summed E-state index contributed by atoms with van der Waals surface area (Å²) in [6.45, 7) is 2.59. The van der Waals surface area contributed by atoms with Crippen molar-refractivity contribution in [1.29, 1.82) is 0 Å². The first-order valence-corrected chi connectivity index (χ1v) is 15.4. The van der Waals surface area contributed by atoms with E-state index in [1.807, 2.05) is 4.98 Å². The summed E-state index contributed by atoms with van der Waals surface area (Å²) in [7, 11) is -3.00. The maximum absolute atomic E-state index is 13.2. The standard InChI is InChI=1S/C28H31N6O12P/c1-3-42-21(36)12-10-18(26(39)43-4-2)31-47(41)46-23-17-8-6-5-7-16(17)9-11-19(23)44-15-28(32-33-29)24(38)22(37)25(45-28)34-14-13-20(35)30-27(34)40/h5-9,11,13-14,18,22,24-25,37-38H,3-4,10,12,15H2,1-2H3,(H,30,35,40)/t18-,22+,24-,25+,28+/m0/s1. The summed E-state index contributed by atoms with van der Waals surface area (Å²) in [5.41, 5.74) is 5.32. The number of esters is 2. The number of aliphatic hydroxyl groups is 2. The first kappa shape index (κ1) is 35.0. The largest absolute Gasteiger partial charge is 0.575 e. The smallest absolute Gasteiger partial charge is 0.395 e. The number of nitrogens with zero attached hydrogens (tertiary/aromatic N) is 5. The van der Waals surface area contributed by atoms with Crippen LogP contribution in [0, 0.1) is 0 Å². The molecule has 1 aliphatic rings. The maximum Gasteiger partial charge on any atom is 0.395 e. The number of aliphatic hydroxyl groups excluding tert-OH is 2. The number of nitrogens with one attached hydrogen (secondary N) is 1. The number of hydrogen-bond acceptors (Lipinski definition) is 14. The lowest BCUT2D eigenvalue weighted by molar-refractivity contribution is -0.170. The van der Waals surface area contributed by atoms with Crippen LogP contribution in [-0.2, 0) is 23.8 Å². The number of fused-ring (bicyclic) bond motifs is 1. The molecule has 0 radical (unpaired) electrons. The molecule has 1 fully saturated rings. The number of rotatable bonds is 14. The minimum atomic E-state index is -3.00. The summed E-state index contributed by atoms with van der Waals surface area (Å²) in [6.07, 6.45) is -4.67. The maximum atomic E-state index is 13.2. The van der Waals surface area contributed by atoms with Crippen LogP contribution in [0.1, 0.15) is 32.9 Å². The van der Waals surface area contributed by atoms with Gasteiger partial charge in [0.05, 0.1) is 13.2 Å². The predicted octanol–water partition coefficient (Wildman–Crippen LogP) is 1.54. The number of aromatic nitrogens is 2. The molecule has 0 bridgehead atoms. The Morgan fingerprint density at radius 1 is 1.17 bits per heavy atom. The monoisotopic (exact) mass is 674 g/mol. The van der Waals surface area contributed by atoms with Crippen molar-refractivity contribution in [1.82, 2.24) is 9.55 Å². The highest BCUT2D eigenvalue weighted by Crippen LogP contribution is 2.43. The fourth-order valence-electron chi connectivity index (χ4n) is 4.70. The minimum Gasteiger partial charge on any atom is -0.575 e. The van der Waals surface area contributed by atoms with Gasteiger partial charge >= 0.3 is 25.8 Å². The van der Waals surface area contributed by atoms with Gasteiger partial charge in [0.15, 0.2) is 18.0 Å². The lowest BCUT2D eigenvalue weighted by Crippen LogP contribution is -2.46. The first-order valence-electron chi connectivity index (χ1n) is 14.3. The molecule has 1 aliphatic heterocycles. The number of carbonyl (C=O) groups is 2. The first-order chi connectivity index (χ1) is 22.5. The van der Waals surface area contributed by atoms with E-state index in [0.717, 1.165) is 16.8 Å². The molecule has 0 spiro atoms. The van der Waals surface area contributed by atoms with Crippen molar-refractivity contribution >= 4 is 30.9 Å². The van der Waals surface area contributed by atoms with Crippen molar-refractivity contribution in [3.05, 3.63) is 79.9 Å². The van der Waals surface area contributed by atoms with Crippen LogP contribution in [-0.4, -0.2) is 75.5 Å². The Hall–Kier alpha value is -4.83. The molecular formula is C28H31N6O12P. The predicted molar refractivity (Wildman–Crippen MR) is 161 cm³/mol. The highest BCUT2D eigenvalue weighted by Gasteiger charge is 2.56. The molecule has 4 rings (SSSR count). The normalized spacial score (nSPS) is 21.5. The Morgan fingerprint density at radius 2 is 1.91 bits per heavy atom. The highest BCUT2D eigenvalue weighted by molar-refractivity contribution is 7.34. The molecule has 1 aromatic heterocycles. The molecule has 18 nitrogen and oxygen atoms in total. The van der Waals surface area contributed by atoms with E-state index in [4.69, 9.17) is 23.5 Å². The average molecular weight is 675 g/mol. The summed E-state index contributed by atoms with van der Waals surface area (Å²) in [4.78, 5) is 66.2. The van der Waals surface area contributed by atoms with Gasteiger partial charge in [-0.2, -0.15) is 0 Å². The van der Waals surface area contributed by atoms with Crippen molar-refractivity contribution in [3.63, 3.8) is 0 Å². The van der Waals surface area contributed by atoms with Gasteiger partial charge in [-0.05, 0) is 37.3 Å². The lowest BCUT2D eigenvalue weighted by Gasteiger charge is -2.27. The van der Waals surface area contributed by atoms with Crippen molar-refractivity contribution < 1.29 is 48.2 Å². The van der Waals surface area contributed by atoms with Gasteiger partial charge in [-0.15, -0.1) is 0 Å². The molecule has 19 heteroatoms. The topological polar surface area (TPSA) is 260 Å². The Kier molecular flexibility index (Phi) is 11.7. The van der Waals surface area contributed by atoms with E-state index in [9.17, 15) is 39.8 Å². The number of benzene rings is 2. The van der Waals surface area contributed by atoms with Crippen LogP contribution in [0.2, 0.25) is 0 Å². The number of aromatic amines is 1. The third-order valence-electron chi connectivity index (χ3n) is 6.91. The number of H-pyrrole nitrogens is 1. The molecule has 3 N–H and O–H groups in total. The summed E-state index contributed by atoms with van der Waals surface area (Å²) in [6, 6.07) is 9.47. The highest BCUT2D eigenvalue weighted by atomic mass is 31.1. The van der Waals surface area contributed by atoms with Gasteiger partial charge in [-0.1, -0.05) is 40.2 Å². The van der Waals surface area contributed by atoms with Crippen LogP contribution in [0.5, 0.6) is 11.5 Å². The fourth-order valence-corrected chi connectivity index (χ4v) is 5.53. The molecule has 2 aromatic carbocycles. The van der Waals surface area contributed by atoms with E-state index in [1.54, 1.807) is 44.2 Å². The molecule has 3 aromatic rings. The molecule has 2 heterocycles. The summed E-state index contributed by atoms with van der Waals surface area (Å²) in [5, 5.41) is 26.2. The third-order valence-corrected chi connectivity index (χ3v) is 7.71. The van der Waals surface area contributed by atoms with Crippen LogP contribution in [0.3, 0.4) is 0 Å². The summed E-state index contributed by atoms with van der Waals surface area (Å²) >= 11 is 0. The van der Waals surface area contributed by atoms with Crippen molar-refractivity contribution in [2.24, 2.45) is 9.86 Å². The molecule has 6 atom stereocenters. The Labute approximate surface area is 266 Å². The zero-order chi connectivity index (χ0) is 34.1. The van der Waals surface area contributed by atoms with Crippen molar-refractivity contribution in [2.45, 2.75) is 56.9 Å². The second-order valence-electron chi connectivity index (χ2n) is 9.95. The molecule has 0 amide bonds. The Balaban J connectivity index is 1.66. The second kappa shape index (κ2) is 15.6. The zero-order valence-corrected chi connectivity index (χ0v) is 26.0. The summed E-state index contributed by atoms with van der Waals surface area (Å²) < 4.78 is 31.9. The number of ether oxygens (including phenoxy) is 4. The average Bonchev–Trinajstić information content (AvgIpc) is 3.28. The number of hydrogen-bond donors (Lipinski definition) is 3. The van der Waals surface area contributed by atoms with Crippen LogP contribution < -0.4 is 25.4 Å². The van der Waals surface area contributed by atoms with E-state index >= 15 is 0 Å². The lowest BCUT2D eigenvalue weighted by atomic mass is 10.1. The minimum absolute atomic E-state index is 0.0104. The van der Waals surface area contributed by atoms with E-state index in [2.05, 4.69) is 14.8 Å². The Bertz CT molecular complexity index is 1810. The quantitative estimate of drug-likeness (QED) is 0.0723. The van der Waals surface area contributed by atoms with Gasteiger partial charge in [0.1, 0.15) is 18.8 Å². The van der Waals surface area contributed by atoms with Crippen LogP contribution in [0.4, 0.5) is 0 Å². The molecule has 1 saturated heterocycles. The van der Waals surface area contributed by atoms with Crippen LogP contribution in [0.25, 0.3) is 21.2 Å². The summed E-state index contributed by atoms with van der Waals surface area (Å²) in [5.74, 6) is -1.61. The third kappa shape index (κ3) is 8.13. The fraction of sp³-hybridized carbons (Fsp3) is 0.429. The molecule has 250 valence electrons. The SMILES string of the molecule is CCOC(=O)CC[C@H](N=[P+]([O-])Oc1c(OC[C@@]2(N=[N+]=[N-])O[C@@H](n3ccc(=O)[nH]c3=O)[C@H](O)[C@@H]2O)ccc2ccccc12)C(=O)OCC. The van der Waals surface area contributed by atoms with Gasteiger partial charge in [0, 0.05) is 29.0 Å². The second-order valence-corrected chi connectivity index (χ2v) is 10.8. The van der Waals surface area contributed by atoms with Gasteiger partial charge in [0.25, 0.3) is 5.56 Å². The van der Waals surface area contributed by atoms with E-state index in [0.29, 0.717) is 10.8 Å². The number of azide groups is 1. The van der Waals surface area contributed by atoms with Crippen LogP contribution in [0.15, 0.2) is 68.1 Å². The van der Waals surface area contributed by atoms with E-state index < -0.39 is 68.2 Å². The van der Waals surface area contributed by atoms with Gasteiger partial charge < -0.3 is 34.1 Å². The van der Waals surface area contributed by atoms with Crippen molar-refractivity contribution in [3.8, 4) is 11.5 Å². The van der Waals surface area contributed by atoms with Crippen molar-refractivity contribution in [2.75, 3.05) is 19.8 Å².